The van der Waals surface area contributed by atoms with Gasteiger partial charge in [-0.15, -0.1) is 6.58 Å². The molecule has 2 unspecified atom stereocenters. The fourth-order valence-corrected chi connectivity index (χ4v) is 2.08. The van der Waals surface area contributed by atoms with Crippen LogP contribution >= 0.6 is 0 Å². The highest BCUT2D eigenvalue weighted by Crippen LogP contribution is 2.19. The average molecular weight is 182 g/mol. The topological polar surface area (TPSA) is 15.3 Å². The Morgan fingerprint density at radius 3 is 3.08 bits per heavy atom. The molecule has 1 fully saturated rings. The van der Waals surface area contributed by atoms with E-state index < -0.39 is 0 Å². The van der Waals surface area contributed by atoms with E-state index in [1.54, 1.807) is 0 Å². The molecule has 0 spiro atoms. The van der Waals surface area contributed by atoms with Gasteiger partial charge in [-0.1, -0.05) is 6.08 Å². The normalized spacial score (nSPS) is 27.1. The summed E-state index contributed by atoms with van der Waals surface area (Å²) in [6.07, 6.45) is 4.71. The number of rotatable bonds is 4. The predicted octanol–water partition coefficient (Wildman–Crippen LogP) is 1.49. The highest BCUT2D eigenvalue weighted by atomic mass is 15.1. The molecule has 0 bridgehead atoms. The molecule has 0 aromatic heterocycles. The Morgan fingerprint density at radius 2 is 2.46 bits per heavy atom. The van der Waals surface area contributed by atoms with Crippen molar-refractivity contribution in [3.63, 3.8) is 0 Å². The van der Waals surface area contributed by atoms with Crippen molar-refractivity contribution in [3.05, 3.63) is 12.7 Å². The molecule has 13 heavy (non-hydrogen) atoms. The predicted molar refractivity (Wildman–Crippen MR) is 57.9 cm³/mol. The summed E-state index contributed by atoms with van der Waals surface area (Å²) in [4.78, 5) is 2.50. The van der Waals surface area contributed by atoms with Crippen molar-refractivity contribution < 1.29 is 0 Å². The van der Waals surface area contributed by atoms with Crippen molar-refractivity contribution in [1.82, 2.24) is 10.2 Å². The van der Waals surface area contributed by atoms with E-state index in [0.717, 1.165) is 12.5 Å². The molecule has 0 aromatic carbocycles. The van der Waals surface area contributed by atoms with Gasteiger partial charge in [0, 0.05) is 19.1 Å². The van der Waals surface area contributed by atoms with E-state index in [-0.39, 0.29) is 0 Å². The quantitative estimate of drug-likeness (QED) is 0.663. The maximum absolute atomic E-state index is 3.79. The Morgan fingerprint density at radius 1 is 1.69 bits per heavy atom. The molecule has 1 heterocycles. The van der Waals surface area contributed by atoms with Crippen molar-refractivity contribution in [3.8, 4) is 0 Å². The molecule has 0 aromatic rings. The molecule has 2 atom stereocenters. The first kappa shape index (κ1) is 10.7. The maximum Gasteiger partial charge on any atom is 0.0160 e. The van der Waals surface area contributed by atoms with Crippen LogP contribution in [0, 0.1) is 5.92 Å². The summed E-state index contributed by atoms with van der Waals surface area (Å²) in [7, 11) is 2.05. The number of piperidine rings is 1. The van der Waals surface area contributed by atoms with Crippen molar-refractivity contribution in [1.29, 1.82) is 0 Å². The standard InChI is InChI=1S/C11H22N2/c1-4-7-13-8-5-6-11(9-13)10(2)12-3/h4,10-12H,1,5-9H2,2-3H3. The highest BCUT2D eigenvalue weighted by Gasteiger charge is 2.22. The van der Waals surface area contributed by atoms with E-state index in [1.807, 2.05) is 6.08 Å². The van der Waals surface area contributed by atoms with Gasteiger partial charge in [0.25, 0.3) is 0 Å². The lowest BCUT2D eigenvalue weighted by atomic mass is 9.92. The summed E-state index contributed by atoms with van der Waals surface area (Å²) < 4.78 is 0. The molecular formula is C11H22N2. The molecule has 1 aliphatic heterocycles. The van der Waals surface area contributed by atoms with Crippen LogP contribution in [-0.2, 0) is 0 Å². The minimum Gasteiger partial charge on any atom is -0.317 e. The first-order valence-electron chi connectivity index (χ1n) is 5.28. The second-order valence-electron chi connectivity index (χ2n) is 4.03. The lowest BCUT2D eigenvalue weighted by molar-refractivity contribution is 0.167. The van der Waals surface area contributed by atoms with Gasteiger partial charge < -0.3 is 5.32 Å². The number of likely N-dealkylation sites (tertiary alicyclic amines) is 1. The smallest absolute Gasteiger partial charge is 0.0160 e. The van der Waals surface area contributed by atoms with Crippen molar-refractivity contribution in [2.75, 3.05) is 26.7 Å². The lowest BCUT2D eigenvalue weighted by Gasteiger charge is -2.35. The fourth-order valence-electron chi connectivity index (χ4n) is 2.08. The summed E-state index contributed by atoms with van der Waals surface area (Å²) in [5.74, 6) is 0.818. The molecule has 1 rings (SSSR count). The minimum atomic E-state index is 0.646. The van der Waals surface area contributed by atoms with E-state index in [1.165, 1.54) is 25.9 Å². The number of hydrogen-bond donors (Lipinski definition) is 1. The third-order valence-corrected chi connectivity index (χ3v) is 3.09. The molecule has 1 aliphatic rings. The van der Waals surface area contributed by atoms with Crippen LogP contribution in [0.4, 0.5) is 0 Å². The molecule has 1 saturated heterocycles. The van der Waals surface area contributed by atoms with E-state index in [2.05, 4.69) is 30.8 Å². The zero-order chi connectivity index (χ0) is 9.68. The van der Waals surface area contributed by atoms with E-state index in [0.29, 0.717) is 6.04 Å². The zero-order valence-electron chi connectivity index (χ0n) is 8.92. The molecule has 76 valence electrons. The summed E-state index contributed by atoms with van der Waals surface area (Å²) in [5.41, 5.74) is 0. The molecule has 2 nitrogen and oxygen atoms in total. The highest BCUT2D eigenvalue weighted by molar-refractivity contribution is 4.83. The van der Waals surface area contributed by atoms with Crippen LogP contribution in [0.3, 0.4) is 0 Å². The second kappa shape index (κ2) is 5.40. The van der Waals surface area contributed by atoms with Crippen LogP contribution in [-0.4, -0.2) is 37.6 Å². The van der Waals surface area contributed by atoms with Crippen LogP contribution in [0.2, 0.25) is 0 Å². The Labute approximate surface area is 82.0 Å². The van der Waals surface area contributed by atoms with Crippen LogP contribution in [0.15, 0.2) is 12.7 Å². The van der Waals surface area contributed by atoms with E-state index >= 15 is 0 Å². The molecule has 2 heteroatoms. The van der Waals surface area contributed by atoms with Gasteiger partial charge in [0.05, 0.1) is 0 Å². The molecule has 0 radical (unpaired) electrons. The Bertz CT molecular complexity index is 156. The Hall–Kier alpha value is -0.340. The molecule has 0 saturated carbocycles. The number of nitrogens with one attached hydrogen (secondary N) is 1. The van der Waals surface area contributed by atoms with E-state index in [4.69, 9.17) is 0 Å². The van der Waals surface area contributed by atoms with Gasteiger partial charge >= 0.3 is 0 Å². The SMILES string of the molecule is C=CCN1CCCC(C(C)NC)C1. The van der Waals surface area contributed by atoms with Crippen LogP contribution in [0.1, 0.15) is 19.8 Å². The summed E-state index contributed by atoms with van der Waals surface area (Å²) in [5, 5.41) is 3.34. The number of hydrogen-bond acceptors (Lipinski definition) is 2. The Kier molecular flexibility index (Phi) is 4.46. The van der Waals surface area contributed by atoms with E-state index in [9.17, 15) is 0 Å². The van der Waals surface area contributed by atoms with Crippen LogP contribution < -0.4 is 5.32 Å². The van der Waals surface area contributed by atoms with Crippen molar-refractivity contribution in [2.45, 2.75) is 25.8 Å². The summed E-state index contributed by atoms with van der Waals surface area (Å²) >= 11 is 0. The Balaban J connectivity index is 2.36. The largest absolute Gasteiger partial charge is 0.317 e. The second-order valence-corrected chi connectivity index (χ2v) is 4.03. The first-order chi connectivity index (χ1) is 6.27. The van der Waals surface area contributed by atoms with Crippen LogP contribution in [0.5, 0.6) is 0 Å². The molecular weight excluding hydrogens is 160 g/mol. The first-order valence-corrected chi connectivity index (χ1v) is 5.28. The minimum absolute atomic E-state index is 0.646. The monoisotopic (exact) mass is 182 g/mol. The molecule has 0 amide bonds. The van der Waals surface area contributed by atoms with Gasteiger partial charge in [-0.25, -0.2) is 0 Å². The summed E-state index contributed by atoms with van der Waals surface area (Å²) in [6, 6.07) is 0.646. The van der Waals surface area contributed by atoms with Crippen molar-refractivity contribution in [2.24, 2.45) is 5.92 Å². The van der Waals surface area contributed by atoms with Crippen molar-refractivity contribution >= 4 is 0 Å². The van der Waals surface area contributed by atoms with Gasteiger partial charge in [0.15, 0.2) is 0 Å². The van der Waals surface area contributed by atoms with Gasteiger partial charge in [-0.05, 0) is 39.3 Å². The van der Waals surface area contributed by atoms with Gasteiger partial charge in [0.2, 0.25) is 0 Å². The third-order valence-electron chi connectivity index (χ3n) is 3.09. The lowest BCUT2D eigenvalue weighted by Crippen LogP contribution is -2.43. The molecule has 0 aliphatic carbocycles. The maximum atomic E-state index is 3.79. The summed E-state index contributed by atoms with van der Waals surface area (Å²) in [6.45, 7) is 9.60. The zero-order valence-corrected chi connectivity index (χ0v) is 8.92. The average Bonchev–Trinajstić information content (AvgIpc) is 2.18. The third kappa shape index (κ3) is 3.12. The molecule has 1 N–H and O–H groups in total. The number of nitrogens with zero attached hydrogens (tertiary/aromatic N) is 1. The van der Waals surface area contributed by atoms with Crippen LogP contribution in [0.25, 0.3) is 0 Å². The van der Waals surface area contributed by atoms with Gasteiger partial charge in [-0.3, -0.25) is 4.90 Å². The van der Waals surface area contributed by atoms with Gasteiger partial charge in [0.1, 0.15) is 0 Å². The fraction of sp³-hybridized carbons (Fsp3) is 0.818. The van der Waals surface area contributed by atoms with Gasteiger partial charge in [-0.2, -0.15) is 0 Å².